The van der Waals surface area contributed by atoms with E-state index in [2.05, 4.69) is 9.80 Å². The Hall–Kier alpha value is -0.610. The molecule has 2 aliphatic rings. The van der Waals surface area contributed by atoms with Crippen LogP contribution in [0.2, 0.25) is 0 Å². The summed E-state index contributed by atoms with van der Waals surface area (Å²) in [7, 11) is 0. The van der Waals surface area contributed by atoms with Crippen LogP contribution in [0.15, 0.2) is 0 Å². The maximum absolute atomic E-state index is 11.6. The highest BCUT2D eigenvalue weighted by Crippen LogP contribution is 2.20. The molecule has 2 heterocycles. The molecule has 4 heteroatoms. The highest BCUT2D eigenvalue weighted by molar-refractivity contribution is 5.71. The number of hydrogen-bond acceptors (Lipinski definition) is 4. The van der Waals surface area contributed by atoms with Gasteiger partial charge in [-0.05, 0) is 46.2 Å². The Morgan fingerprint density at radius 1 is 1.29 bits per heavy atom. The van der Waals surface area contributed by atoms with Gasteiger partial charge in [-0.2, -0.15) is 0 Å². The predicted molar refractivity (Wildman–Crippen MR) is 66.9 cm³/mol. The Labute approximate surface area is 104 Å². The lowest BCUT2D eigenvalue weighted by Crippen LogP contribution is -2.37. The molecule has 0 amide bonds. The first-order valence-electron chi connectivity index (χ1n) is 6.81. The van der Waals surface area contributed by atoms with E-state index >= 15 is 0 Å². The van der Waals surface area contributed by atoms with Crippen molar-refractivity contribution in [2.45, 2.75) is 45.3 Å². The molecule has 2 fully saturated rings. The van der Waals surface area contributed by atoms with E-state index in [1.54, 1.807) is 0 Å². The summed E-state index contributed by atoms with van der Waals surface area (Å²) in [6, 6.07) is 0.671. The highest BCUT2D eigenvalue weighted by Gasteiger charge is 2.30. The van der Waals surface area contributed by atoms with Crippen molar-refractivity contribution in [3.63, 3.8) is 0 Å². The first kappa shape index (κ1) is 12.8. The number of hydrogen-bond donors (Lipinski definition) is 0. The van der Waals surface area contributed by atoms with Gasteiger partial charge in [-0.1, -0.05) is 0 Å². The van der Waals surface area contributed by atoms with Crippen molar-refractivity contribution < 1.29 is 9.53 Å². The second-order valence-corrected chi connectivity index (χ2v) is 5.46. The molecule has 1 atom stereocenters. The van der Waals surface area contributed by atoms with Crippen molar-refractivity contribution in [1.29, 1.82) is 0 Å². The van der Waals surface area contributed by atoms with Gasteiger partial charge in [0, 0.05) is 19.1 Å². The maximum Gasteiger partial charge on any atom is 0.320 e. The molecule has 1 unspecified atom stereocenters. The molecular formula is C13H24N2O2. The summed E-state index contributed by atoms with van der Waals surface area (Å²) in [5, 5.41) is 0. The molecule has 0 aromatic rings. The number of esters is 1. The first-order chi connectivity index (χ1) is 8.15. The van der Waals surface area contributed by atoms with E-state index in [0.717, 1.165) is 13.1 Å². The lowest BCUT2D eigenvalue weighted by atomic mass is 10.2. The van der Waals surface area contributed by atoms with Crippen molar-refractivity contribution >= 4 is 5.97 Å². The normalized spacial score (nSPS) is 26.9. The van der Waals surface area contributed by atoms with Crippen LogP contribution in [0.25, 0.3) is 0 Å². The molecule has 0 aromatic carbocycles. The van der Waals surface area contributed by atoms with E-state index in [1.807, 2.05) is 13.8 Å². The first-order valence-corrected chi connectivity index (χ1v) is 6.81. The van der Waals surface area contributed by atoms with Crippen LogP contribution in [0.5, 0.6) is 0 Å². The monoisotopic (exact) mass is 240 g/mol. The van der Waals surface area contributed by atoms with Gasteiger partial charge in [-0.3, -0.25) is 14.6 Å². The van der Waals surface area contributed by atoms with Crippen molar-refractivity contribution in [1.82, 2.24) is 9.80 Å². The highest BCUT2D eigenvalue weighted by atomic mass is 16.5. The number of rotatable bonds is 4. The van der Waals surface area contributed by atoms with E-state index in [9.17, 15) is 4.79 Å². The van der Waals surface area contributed by atoms with Gasteiger partial charge < -0.3 is 4.74 Å². The minimum absolute atomic E-state index is 0.000480. The van der Waals surface area contributed by atoms with E-state index in [1.165, 1.54) is 32.4 Å². The molecule has 0 radical (unpaired) electrons. The third-order valence-corrected chi connectivity index (χ3v) is 3.62. The molecule has 0 bridgehead atoms. The van der Waals surface area contributed by atoms with Gasteiger partial charge >= 0.3 is 5.97 Å². The Kier molecular flexibility index (Phi) is 4.40. The fourth-order valence-electron chi connectivity index (χ4n) is 2.84. The van der Waals surface area contributed by atoms with Crippen molar-refractivity contribution in [3.05, 3.63) is 0 Å². The molecule has 0 aromatic heterocycles. The molecule has 0 N–H and O–H groups in total. The van der Waals surface area contributed by atoms with Crippen LogP contribution in [0.4, 0.5) is 0 Å². The summed E-state index contributed by atoms with van der Waals surface area (Å²) in [4.78, 5) is 16.4. The summed E-state index contributed by atoms with van der Waals surface area (Å²) in [6.07, 6.45) is 3.88. The Morgan fingerprint density at radius 3 is 2.65 bits per heavy atom. The maximum atomic E-state index is 11.6. The standard InChI is InChI=1S/C13H24N2O2/c1-11(2)17-13(16)10-14-8-5-12(9-14)15-6-3-4-7-15/h11-12H,3-10H2,1-2H3. The van der Waals surface area contributed by atoms with Crippen LogP contribution in [0, 0.1) is 0 Å². The van der Waals surface area contributed by atoms with E-state index in [0.29, 0.717) is 12.6 Å². The summed E-state index contributed by atoms with van der Waals surface area (Å²) in [6.45, 7) is 8.82. The van der Waals surface area contributed by atoms with Crippen molar-refractivity contribution in [2.75, 3.05) is 32.7 Å². The molecule has 17 heavy (non-hydrogen) atoms. The van der Waals surface area contributed by atoms with Crippen LogP contribution >= 0.6 is 0 Å². The number of ether oxygens (including phenoxy) is 1. The van der Waals surface area contributed by atoms with Gasteiger partial charge in [-0.15, -0.1) is 0 Å². The van der Waals surface area contributed by atoms with Crippen LogP contribution in [0.3, 0.4) is 0 Å². The van der Waals surface area contributed by atoms with Gasteiger partial charge in [0.1, 0.15) is 0 Å². The zero-order valence-corrected chi connectivity index (χ0v) is 11.0. The minimum atomic E-state index is -0.0814. The number of likely N-dealkylation sites (tertiary alicyclic amines) is 2. The zero-order chi connectivity index (χ0) is 12.3. The van der Waals surface area contributed by atoms with Crippen LogP contribution < -0.4 is 0 Å². The van der Waals surface area contributed by atoms with Gasteiger partial charge in [0.25, 0.3) is 0 Å². The summed E-state index contributed by atoms with van der Waals surface area (Å²) < 4.78 is 5.18. The fraction of sp³-hybridized carbons (Fsp3) is 0.923. The smallest absolute Gasteiger partial charge is 0.320 e. The van der Waals surface area contributed by atoms with Crippen molar-refractivity contribution in [3.8, 4) is 0 Å². The lowest BCUT2D eigenvalue weighted by Gasteiger charge is -2.23. The quantitative estimate of drug-likeness (QED) is 0.689. The van der Waals surface area contributed by atoms with Crippen LogP contribution in [0.1, 0.15) is 33.1 Å². The summed E-state index contributed by atoms with van der Waals surface area (Å²) >= 11 is 0. The van der Waals surface area contributed by atoms with Gasteiger partial charge in [-0.25, -0.2) is 0 Å². The van der Waals surface area contributed by atoms with Crippen LogP contribution in [-0.4, -0.2) is 60.6 Å². The molecule has 0 aliphatic carbocycles. The van der Waals surface area contributed by atoms with Crippen LogP contribution in [-0.2, 0) is 9.53 Å². The molecule has 0 saturated carbocycles. The predicted octanol–water partition coefficient (Wildman–Crippen LogP) is 1.11. The van der Waals surface area contributed by atoms with Gasteiger partial charge in [0.2, 0.25) is 0 Å². The number of carbonyl (C=O) groups is 1. The van der Waals surface area contributed by atoms with Gasteiger partial charge in [0.15, 0.2) is 0 Å². The molecule has 0 spiro atoms. The summed E-state index contributed by atoms with van der Waals surface area (Å²) in [5.41, 5.74) is 0. The molecule has 98 valence electrons. The third kappa shape index (κ3) is 3.68. The molecule has 4 nitrogen and oxygen atoms in total. The molecular weight excluding hydrogens is 216 g/mol. The minimum Gasteiger partial charge on any atom is -0.462 e. The second-order valence-electron chi connectivity index (χ2n) is 5.46. The largest absolute Gasteiger partial charge is 0.462 e. The SMILES string of the molecule is CC(C)OC(=O)CN1CCC(N2CCCC2)C1. The molecule has 2 rings (SSSR count). The Balaban J connectivity index is 1.72. The van der Waals surface area contributed by atoms with Gasteiger partial charge in [0.05, 0.1) is 12.6 Å². The van der Waals surface area contributed by atoms with Crippen molar-refractivity contribution in [2.24, 2.45) is 0 Å². The second kappa shape index (κ2) is 5.83. The molecule has 2 aliphatic heterocycles. The van der Waals surface area contributed by atoms with E-state index in [-0.39, 0.29) is 12.1 Å². The average Bonchev–Trinajstić information content (AvgIpc) is 2.84. The average molecular weight is 240 g/mol. The van der Waals surface area contributed by atoms with E-state index in [4.69, 9.17) is 4.74 Å². The zero-order valence-electron chi connectivity index (χ0n) is 11.0. The van der Waals surface area contributed by atoms with E-state index < -0.39 is 0 Å². The Morgan fingerprint density at radius 2 is 2.00 bits per heavy atom. The topological polar surface area (TPSA) is 32.8 Å². The summed E-state index contributed by atoms with van der Waals surface area (Å²) in [5.74, 6) is -0.0814. The third-order valence-electron chi connectivity index (χ3n) is 3.62. The molecule has 2 saturated heterocycles. The fourth-order valence-corrected chi connectivity index (χ4v) is 2.84. The number of carbonyl (C=O) groups excluding carboxylic acids is 1. The lowest BCUT2D eigenvalue weighted by molar-refractivity contribution is -0.148. The number of nitrogens with zero attached hydrogens (tertiary/aromatic N) is 2. The Bertz CT molecular complexity index is 262.